The molecule has 0 radical (unpaired) electrons. The van der Waals surface area contributed by atoms with Crippen LogP contribution in [0.15, 0.2) is 9.98 Å². The number of rotatable bonds is 0. The number of fused-ring (bicyclic) bond motifs is 1. The Morgan fingerprint density at radius 2 is 2.11 bits per heavy atom. The van der Waals surface area contributed by atoms with Crippen molar-refractivity contribution in [1.82, 2.24) is 0 Å². The van der Waals surface area contributed by atoms with Gasteiger partial charge >= 0.3 is 0 Å². The molecule has 2 unspecified atom stereocenters. The minimum atomic E-state index is 0.582. The summed E-state index contributed by atoms with van der Waals surface area (Å²) in [4.78, 5) is 8.42. The molecule has 2 heterocycles. The summed E-state index contributed by atoms with van der Waals surface area (Å²) in [5.74, 6) is 1.38. The van der Waals surface area contributed by atoms with Crippen molar-refractivity contribution in [2.75, 3.05) is 13.1 Å². The first-order chi connectivity index (χ1) is 4.47. The molecule has 0 spiro atoms. The predicted molar refractivity (Wildman–Crippen MR) is 38.3 cm³/mol. The third-order valence-corrected chi connectivity index (χ3v) is 2.07. The average molecular weight is 122 g/mol. The molecule has 0 aromatic carbocycles. The topological polar surface area (TPSA) is 24.7 Å². The lowest BCUT2D eigenvalue weighted by atomic mass is 9.92. The Balaban J connectivity index is 2.17. The molecule has 2 atom stereocenters. The highest BCUT2D eigenvalue weighted by Crippen LogP contribution is 2.21. The van der Waals surface area contributed by atoms with Crippen molar-refractivity contribution in [3.8, 4) is 0 Å². The largest absolute Gasteiger partial charge is 0.297 e. The van der Waals surface area contributed by atoms with E-state index in [0.717, 1.165) is 19.0 Å². The third-order valence-electron chi connectivity index (χ3n) is 2.07. The summed E-state index contributed by atoms with van der Waals surface area (Å²) in [6.07, 6.45) is 5.32. The van der Waals surface area contributed by atoms with Gasteiger partial charge in [0.1, 0.15) is 0 Å². The van der Waals surface area contributed by atoms with Gasteiger partial charge in [0.05, 0.1) is 0 Å². The highest BCUT2D eigenvalue weighted by molar-refractivity contribution is 5.85. The van der Waals surface area contributed by atoms with E-state index in [2.05, 4.69) is 9.98 Å². The van der Waals surface area contributed by atoms with Gasteiger partial charge in [0, 0.05) is 31.4 Å². The van der Waals surface area contributed by atoms with E-state index in [4.69, 9.17) is 0 Å². The van der Waals surface area contributed by atoms with Crippen molar-refractivity contribution in [2.24, 2.45) is 21.8 Å². The Labute approximate surface area is 54.7 Å². The van der Waals surface area contributed by atoms with E-state index < -0.39 is 0 Å². The second-order valence-electron chi connectivity index (χ2n) is 2.70. The molecule has 48 valence electrons. The van der Waals surface area contributed by atoms with Gasteiger partial charge in [0.15, 0.2) is 0 Å². The van der Waals surface area contributed by atoms with E-state index in [1.807, 2.05) is 12.4 Å². The van der Waals surface area contributed by atoms with Gasteiger partial charge in [-0.05, 0) is 12.3 Å². The standard InChI is InChI=1S/C7H10N2/c1-2-8-4-7-5-9-3-6(1)7/h4-7H,1-3H2. The van der Waals surface area contributed by atoms with Gasteiger partial charge in [-0.15, -0.1) is 0 Å². The lowest BCUT2D eigenvalue weighted by molar-refractivity contribution is 0.490. The van der Waals surface area contributed by atoms with E-state index in [9.17, 15) is 0 Å². The van der Waals surface area contributed by atoms with Gasteiger partial charge in [0.2, 0.25) is 0 Å². The maximum Gasteiger partial charge on any atom is 0.0424 e. The van der Waals surface area contributed by atoms with Crippen LogP contribution in [0.3, 0.4) is 0 Å². The molecular weight excluding hydrogens is 112 g/mol. The van der Waals surface area contributed by atoms with Crippen molar-refractivity contribution < 1.29 is 0 Å². The molecule has 0 saturated carbocycles. The molecular formula is C7H10N2. The van der Waals surface area contributed by atoms with E-state index in [0.29, 0.717) is 5.92 Å². The molecule has 9 heavy (non-hydrogen) atoms. The van der Waals surface area contributed by atoms with Gasteiger partial charge in [-0.25, -0.2) is 0 Å². The summed E-state index contributed by atoms with van der Waals surface area (Å²) >= 11 is 0. The van der Waals surface area contributed by atoms with Crippen LogP contribution in [0.5, 0.6) is 0 Å². The van der Waals surface area contributed by atoms with Crippen LogP contribution in [0, 0.1) is 11.8 Å². The number of nitrogens with zero attached hydrogens (tertiary/aromatic N) is 2. The summed E-state index contributed by atoms with van der Waals surface area (Å²) in [7, 11) is 0. The normalized spacial score (nSPS) is 39.1. The molecule has 0 aromatic heterocycles. The Kier molecular flexibility index (Phi) is 1.11. The van der Waals surface area contributed by atoms with Crippen molar-refractivity contribution >= 4 is 12.4 Å². The quantitative estimate of drug-likeness (QED) is 0.453. The zero-order chi connectivity index (χ0) is 6.10. The van der Waals surface area contributed by atoms with Crippen LogP contribution in [0.1, 0.15) is 6.42 Å². The minimum Gasteiger partial charge on any atom is -0.297 e. The molecule has 0 aliphatic carbocycles. The lowest BCUT2D eigenvalue weighted by Crippen LogP contribution is -2.19. The van der Waals surface area contributed by atoms with E-state index >= 15 is 0 Å². The van der Waals surface area contributed by atoms with Crippen LogP contribution in [0.2, 0.25) is 0 Å². The van der Waals surface area contributed by atoms with Crippen LogP contribution >= 0.6 is 0 Å². The van der Waals surface area contributed by atoms with E-state index in [-0.39, 0.29) is 0 Å². The molecule has 0 fully saturated rings. The van der Waals surface area contributed by atoms with Crippen molar-refractivity contribution in [3.05, 3.63) is 0 Å². The molecule has 0 bridgehead atoms. The summed E-state index contributed by atoms with van der Waals surface area (Å²) in [5.41, 5.74) is 0. The van der Waals surface area contributed by atoms with Gasteiger partial charge in [0.25, 0.3) is 0 Å². The second kappa shape index (κ2) is 1.94. The first-order valence-electron chi connectivity index (χ1n) is 3.47. The summed E-state index contributed by atoms with van der Waals surface area (Å²) in [5, 5.41) is 0. The number of hydrogen-bond acceptors (Lipinski definition) is 2. The molecule has 2 nitrogen and oxygen atoms in total. The van der Waals surface area contributed by atoms with Gasteiger partial charge in [-0.1, -0.05) is 0 Å². The first-order valence-corrected chi connectivity index (χ1v) is 3.47. The monoisotopic (exact) mass is 122 g/mol. The van der Waals surface area contributed by atoms with Crippen molar-refractivity contribution in [3.63, 3.8) is 0 Å². The third kappa shape index (κ3) is 0.784. The SMILES string of the molecule is C1=NCCC2CN=CC12. The average Bonchev–Trinajstić information content (AvgIpc) is 2.33. The smallest absolute Gasteiger partial charge is 0.0424 e. The molecule has 2 heteroatoms. The zero-order valence-corrected chi connectivity index (χ0v) is 5.33. The van der Waals surface area contributed by atoms with Gasteiger partial charge in [-0.2, -0.15) is 0 Å². The predicted octanol–water partition coefficient (Wildman–Crippen LogP) is 0.778. The zero-order valence-electron chi connectivity index (χ0n) is 5.33. The maximum absolute atomic E-state index is 4.21. The second-order valence-corrected chi connectivity index (χ2v) is 2.70. The van der Waals surface area contributed by atoms with E-state index in [1.165, 1.54) is 6.42 Å². The molecule has 0 N–H and O–H groups in total. The molecule has 0 saturated heterocycles. The first kappa shape index (κ1) is 5.15. The fourth-order valence-corrected chi connectivity index (χ4v) is 1.44. The van der Waals surface area contributed by atoms with Crippen LogP contribution in [-0.2, 0) is 0 Å². The van der Waals surface area contributed by atoms with Crippen molar-refractivity contribution in [2.45, 2.75) is 6.42 Å². The summed E-state index contributed by atoms with van der Waals surface area (Å²) in [6, 6.07) is 0. The Hall–Kier alpha value is -0.660. The number of aliphatic imine (C=N–C) groups is 2. The van der Waals surface area contributed by atoms with Crippen LogP contribution < -0.4 is 0 Å². The van der Waals surface area contributed by atoms with Crippen LogP contribution in [-0.4, -0.2) is 25.5 Å². The van der Waals surface area contributed by atoms with Crippen molar-refractivity contribution in [1.29, 1.82) is 0 Å². The highest BCUT2D eigenvalue weighted by Gasteiger charge is 2.23. The minimum absolute atomic E-state index is 0.582. The summed E-state index contributed by atoms with van der Waals surface area (Å²) in [6.45, 7) is 2.06. The maximum atomic E-state index is 4.21. The Morgan fingerprint density at radius 3 is 3.00 bits per heavy atom. The lowest BCUT2D eigenvalue weighted by Gasteiger charge is -2.16. The summed E-state index contributed by atoms with van der Waals surface area (Å²) < 4.78 is 0. The molecule has 0 amide bonds. The van der Waals surface area contributed by atoms with E-state index in [1.54, 1.807) is 0 Å². The molecule has 2 rings (SSSR count). The van der Waals surface area contributed by atoms with Gasteiger partial charge < -0.3 is 0 Å². The molecule has 2 aliphatic rings. The molecule has 0 aromatic rings. The molecule has 2 aliphatic heterocycles. The number of hydrogen-bond donors (Lipinski definition) is 0. The Bertz CT molecular complexity index is 160. The van der Waals surface area contributed by atoms with Gasteiger partial charge in [-0.3, -0.25) is 9.98 Å². The van der Waals surface area contributed by atoms with Crippen LogP contribution in [0.4, 0.5) is 0 Å². The highest BCUT2D eigenvalue weighted by atomic mass is 14.8. The Morgan fingerprint density at radius 1 is 1.22 bits per heavy atom. The fourth-order valence-electron chi connectivity index (χ4n) is 1.44. The van der Waals surface area contributed by atoms with Crippen LogP contribution in [0.25, 0.3) is 0 Å². The fraction of sp³-hybridized carbons (Fsp3) is 0.714.